The van der Waals surface area contributed by atoms with Gasteiger partial charge in [-0.1, -0.05) is 13.3 Å². The summed E-state index contributed by atoms with van der Waals surface area (Å²) in [4.78, 5) is 44.5. The molecule has 0 saturated carbocycles. The normalized spacial score (nSPS) is 10.9. The van der Waals surface area contributed by atoms with Crippen molar-refractivity contribution in [1.82, 2.24) is 0 Å². The molecule has 0 rings (SSSR count). The number of carbonyl (C=O) groups is 4. The van der Waals surface area contributed by atoms with E-state index in [1.54, 1.807) is 6.92 Å². The molecule has 90 valence electrons. The van der Waals surface area contributed by atoms with Crippen molar-refractivity contribution < 1.29 is 29.4 Å². The molecule has 0 aromatic heterocycles. The summed E-state index contributed by atoms with van der Waals surface area (Å²) >= 11 is 0. The fourth-order valence-electron chi connectivity index (χ4n) is 1.35. The lowest BCUT2D eigenvalue weighted by Crippen LogP contribution is -2.51. The average molecular weight is 230 g/mol. The molecule has 6 nitrogen and oxygen atoms in total. The van der Waals surface area contributed by atoms with Gasteiger partial charge in [0, 0.05) is 6.42 Å². The number of rotatable bonds is 7. The second kappa shape index (κ2) is 5.39. The van der Waals surface area contributed by atoms with Crippen molar-refractivity contribution in [3.05, 3.63) is 0 Å². The number of aliphatic carboxylic acids is 2. The molecule has 2 N–H and O–H groups in total. The molecule has 0 aliphatic carbocycles. The number of hydrogen-bond acceptors (Lipinski definition) is 4. The number of unbranched alkanes of at least 4 members (excludes halogenated alkanes) is 1. The minimum Gasteiger partial charge on any atom is -0.480 e. The fourth-order valence-corrected chi connectivity index (χ4v) is 1.35. The highest BCUT2D eigenvalue weighted by Crippen LogP contribution is 2.24. The molecule has 16 heavy (non-hydrogen) atoms. The van der Waals surface area contributed by atoms with Gasteiger partial charge in [-0.25, -0.2) is 0 Å². The van der Waals surface area contributed by atoms with E-state index in [0.717, 1.165) is 6.92 Å². The number of ketones is 2. The van der Waals surface area contributed by atoms with E-state index in [4.69, 9.17) is 10.2 Å². The summed E-state index contributed by atoms with van der Waals surface area (Å²) in [5, 5.41) is 17.6. The van der Waals surface area contributed by atoms with Crippen LogP contribution in [-0.4, -0.2) is 33.7 Å². The molecule has 0 atom stereocenters. The van der Waals surface area contributed by atoms with Crippen LogP contribution in [0.4, 0.5) is 0 Å². The summed E-state index contributed by atoms with van der Waals surface area (Å²) in [6.07, 6.45) is 0.738. The first kappa shape index (κ1) is 14.3. The van der Waals surface area contributed by atoms with Crippen LogP contribution >= 0.6 is 0 Å². The Hall–Kier alpha value is -1.72. The third kappa shape index (κ3) is 2.26. The first-order valence-electron chi connectivity index (χ1n) is 4.82. The Kier molecular flexibility index (Phi) is 4.81. The topological polar surface area (TPSA) is 109 Å². The van der Waals surface area contributed by atoms with Crippen LogP contribution in [0.1, 0.15) is 33.1 Å². The van der Waals surface area contributed by atoms with Crippen molar-refractivity contribution >= 4 is 23.5 Å². The molecule has 0 amide bonds. The summed E-state index contributed by atoms with van der Waals surface area (Å²) in [7, 11) is 0. The SMILES string of the molecule is CCCCC(=O)C(C(C)=O)(C(=O)O)C(=O)O. The molecular weight excluding hydrogens is 216 g/mol. The monoisotopic (exact) mass is 230 g/mol. The molecule has 0 unspecified atom stereocenters. The van der Waals surface area contributed by atoms with Crippen LogP contribution in [-0.2, 0) is 19.2 Å². The predicted octanol–water partition coefficient (Wildman–Crippen LogP) is 0.490. The summed E-state index contributed by atoms with van der Waals surface area (Å²) < 4.78 is 0. The summed E-state index contributed by atoms with van der Waals surface area (Å²) in [5.41, 5.74) is -2.94. The zero-order chi connectivity index (χ0) is 12.9. The third-order valence-corrected chi connectivity index (χ3v) is 2.35. The standard InChI is InChI=1S/C10H14O6/c1-3-4-5-7(12)10(6(2)11,8(13)14)9(15)16/h3-5H2,1-2H3,(H,13,14)(H,15,16). The molecule has 0 aliphatic rings. The van der Waals surface area contributed by atoms with E-state index < -0.39 is 28.9 Å². The predicted molar refractivity (Wildman–Crippen MR) is 52.9 cm³/mol. The Morgan fingerprint density at radius 2 is 1.50 bits per heavy atom. The zero-order valence-electron chi connectivity index (χ0n) is 9.15. The van der Waals surface area contributed by atoms with Crippen molar-refractivity contribution in [2.45, 2.75) is 33.1 Å². The molecule has 0 aromatic rings. The molecule has 0 heterocycles. The Labute approximate surface area is 92.3 Å². The summed E-state index contributed by atoms with van der Waals surface area (Å²) in [6.45, 7) is 2.57. The third-order valence-electron chi connectivity index (χ3n) is 2.35. The highest BCUT2D eigenvalue weighted by Gasteiger charge is 2.57. The number of carboxylic acid groups (broad SMARTS) is 2. The van der Waals surface area contributed by atoms with Crippen molar-refractivity contribution in [2.24, 2.45) is 5.41 Å². The van der Waals surface area contributed by atoms with E-state index in [1.165, 1.54) is 0 Å². The maximum Gasteiger partial charge on any atom is 0.336 e. The minimum atomic E-state index is -2.94. The minimum absolute atomic E-state index is 0.228. The van der Waals surface area contributed by atoms with Crippen LogP contribution in [0.15, 0.2) is 0 Å². The Bertz CT molecular complexity index is 294. The second-order valence-electron chi connectivity index (χ2n) is 3.44. The first-order chi connectivity index (χ1) is 7.31. The van der Waals surface area contributed by atoms with Crippen LogP contribution in [0.25, 0.3) is 0 Å². The van der Waals surface area contributed by atoms with Crippen molar-refractivity contribution in [2.75, 3.05) is 0 Å². The largest absolute Gasteiger partial charge is 0.480 e. The molecule has 0 spiro atoms. The van der Waals surface area contributed by atoms with Gasteiger partial charge in [-0.3, -0.25) is 19.2 Å². The Morgan fingerprint density at radius 1 is 1.06 bits per heavy atom. The lowest BCUT2D eigenvalue weighted by Gasteiger charge is -2.19. The molecule has 0 aromatic carbocycles. The van der Waals surface area contributed by atoms with Gasteiger partial charge in [0.1, 0.15) is 0 Å². The lowest BCUT2D eigenvalue weighted by atomic mass is 9.78. The number of carbonyl (C=O) groups excluding carboxylic acids is 2. The van der Waals surface area contributed by atoms with Crippen LogP contribution in [0.2, 0.25) is 0 Å². The molecule has 0 bridgehead atoms. The highest BCUT2D eigenvalue weighted by molar-refractivity contribution is 6.34. The Morgan fingerprint density at radius 3 is 1.75 bits per heavy atom. The molecule has 0 radical (unpaired) electrons. The number of Topliss-reactive ketones (excluding diaryl/α,β-unsaturated/α-hetero) is 2. The van der Waals surface area contributed by atoms with E-state index in [-0.39, 0.29) is 6.42 Å². The van der Waals surface area contributed by atoms with Gasteiger partial charge in [0.05, 0.1) is 0 Å². The van der Waals surface area contributed by atoms with Crippen LogP contribution in [0.5, 0.6) is 0 Å². The van der Waals surface area contributed by atoms with Gasteiger partial charge in [-0.15, -0.1) is 0 Å². The lowest BCUT2D eigenvalue weighted by molar-refractivity contribution is -0.170. The molecule has 0 saturated heterocycles. The zero-order valence-corrected chi connectivity index (χ0v) is 9.15. The Balaban J connectivity index is 5.37. The fraction of sp³-hybridized carbons (Fsp3) is 0.600. The van der Waals surface area contributed by atoms with E-state index in [9.17, 15) is 19.2 Å². The molecule has 0 aliphatic heterocycles. The van der Waals surface area contributed by atoms with Crippen LogP contribution < -0.4 is 0 Å². The second-order valence-corrected chi connectivity index (χ2v) is 3.44. The van der Waals surface area contributed by atoms with Gasteiger partial charge < -0.3 is 10.2 Å². The van der Waals surface area contributed by atoms with Gasteiger partial charge in [-0.05, 0) is 13.3 Å². The van der Waals surface area contributed by atoms with Gasteiger partial charge in [0.2, 0.25) is 0 Å². The number of carboxylic acids is 2. The van der Waals surface area contributed by atoms with Gasteiger partial charge in [0.25, 0.3) is 5.41 Å². The summed E-state index contributed by atoms with van der Waals surface area (Å²) in [5.74, 6) is -6.09. The molecule has 0 fully saturated rings. The maximum absolute atomic E-state index is 11.6. The van der Waals surface area contributed by atoms with Gasteiger partial charge >= 0.3 is 11.9 Å². The van der Waals surface area contributed by atoms with Crippen LogP contribution in [0, 0.1) is 5.41 Å². The first-order valence-corrected chi connectivity index (χ1v) is 4.82. The maximum atomic E-state index is 11.6. The van der Waals surface area contributed by atoms with Crippen molar-refractivity contribution in [1.29, 1.82) is 0 Å². The van der Waals surface area contributed by atoms with E-state index in [1.807, 2.05) is 0 Å². The van der Waals surface area contributed by atoms with Crippen LogP contribution in [0.3, 0.4) is 0 Å². The van der Waals surface area contributed by atoms with E-state index in [2.05, 4.69) is 0 Å². The molecule has 6 heteroatoms. The quantitative estimate of drug-likeness (QED) is 0.616. The van der Waals surface area contributed by atoms with E-state index >= 15 is 0 Å². The van der Waals surface area contributed by atoms with Gasteiger partial charge in [0.15, 0.2) is 11.6 Å². The van der Waals surface area contributed by atoms with Crippen molar-refractivity contribution in [3.63, 3.8) is 0 Å². The summed E-state index contributed by atoms with van der Waals surface area (Å²) in [6, 6.07) is 0. The van der Waals surface area contributed by atoms with Gasteiger partial charge in [-0.2, -0.15) is 0 Å². The van der Waals surface area contributed by atoms with Crippen molar-refractivity contribution in [3.8, 4) is 0 Å². The highest BCUT2D eigenvalue weighted by atomic mass is 16.4. The smallest absolute Gasteiger partial charge is 0.336 e. The molecular formula is C10H14O6. The average Bonchev–Trinajstić information content (AvgIpc) is 2.13. The number of hydrogen-bond donors (Lipinski definition) is 2. The van der Waals surface area contributed by atoms with E-state index in [0.29, 0.717) is 12.8 Å².